The molecule has 0 aliphatic carbocycles. The first-order valence-electron chi connectivity index (χ1n) is 7.98. The summed E-state index contributed by atoms with van der Waals surface area (Å²) >= 11 is 0. The minimum atomic E-state index is -3.66. The number of morpholine rings is 1. The Hall–Kier alpha value is -1.50. The normalized spacial score (nSPS) is 17.5. The molecular weight excluding hydrogens is 328 g/mol. The Bertz CT molecular complexity index is 639. The molecule has 7 nitrogen and oxygen atoms in total. The van der Waals surface area contributed by atoms with Crippen LogP contribution in [0.3, 0.4) is 0 Å². The smallest absolute Gasteiger partial charge is 0.279 e. The van der Waals surface area contributed by atoms with Gasteiger partial charge in [0.15, 0.2) is 0 Å². The van der Waals surface area contributed by atoms with Crippen molar-refractivity contribution in [1.29, 1.82) is 5.26 Å². The lowest BCUT2D eigenvalue weighted by Gasteiger charge is -2.31. The molecule has 1 aromatic carbocycles. The largest absolute Gasteiger partial charge is 0.379 e. The van der Waals surface area contributed by atoms with Crippen LogP contribution in [0.1, 0.15) is 18.0 Å². The molecular formula is C16H24N4O3S. The summed E-state index contributed by atoms with van der Waals surface area (Å²) in [6.07, 6.45) is 0.164. The molecule has 0 saturated carbocycles. The van der Waals surface area contributed by atoms with Crippen molar-refractivity contribution in [2.24, 2.45) is 0 Å². The van der Waals surface area contributed by atoms with E-state index < -0.39 is 10.2 Å². The first-order valence-corrected chi connectivity index (χ1v) is 9.42. The number of nitrogens with zero attached hydrogens (tertiary/aromatic N) is 3. The first kappa shape index (κ1) is 18.8. The summed E-state index contributed by atoms with van der Waals surface area (Å²) in [7, 11) is -2.17. The Morgan fingerprint density at radius 1 is 1.33 bits per heavy atom. The molecule has 8 heteroatoms. The first-order chi connectivity index (χ1) is 11.5. The predicted molar refractivity (Wildman–Crippen MR) is 91.4 cm³/mol. The van der Waals surface area contributed by atoms with Crippen LogP contribution in [0.4, 0.5) is 0 Å². The fraction of sp³-hybridized carbons (Fsp3) is 0.562. The van der Waals surface area contributed by atoms with Gasteiger partial charge in [0.25, 0.3) is 10.2 Å². The minimum absolute atomic E-state index is 0.164. The summed E-state index contributed by atoms with van der Waals surface area (Å²) in [4.78, 5) is 2.19. The van der Waals surface area contributed by atoms with Gasteiger partial charge in [0.2, 0.25) is 0 Å². The topological polar surface area (TPSA) is 85.7 Å². The molecule has 1 N–H and O–H groups in total. The Kier molecular flexibility index (Phi) is 7.15. The van der Waals surface area contributed by atoms with Crippen molar-refractivity contribution in [2.75, 3.05) is 46.4 Å². The lowest BCUT2D eigenvalue weighted by molar-refractivity contribution is 0.0344. The number of rotatable bonds is 8. The second-order valence-electron chi connectivity index (χ2n) is 5.73. The van der Waals surface area contributed by atoms with Crippen LogP contribution in [-0.2, 0) is 14.9 Å². The summed E-state index contributed by atoms with van der Waals surface area (Å²) < 4.78 is 34.4. The molecule has 1 fully saturated rings. The summed E-state index contributed by atoms with van der Waals surface area (Å²) in [5.41, 5.74) is 0.918. The Balaban J connectivity index is 2.11. The van der Waals surface area contributed by atoms with Gasteiger partial charge in [0, 0.05) is 39.6 Å². The molecule has 1 aliphatic heterocycles. The third-order valence-electron chi connectivity index (χ3n) is 3.99. The van der Waals surface area contributed by atoms with Gasteiger partial charge in [-0.25, -0.2) is 0 Å². The lowest BCUT2D eigenvalue weighted by atomic mass is 10.1. The van der Waals surface area contributed by atoms with Crippen LogP contribution in [0.25, 0.3) is 0 Å². The highest BCUT2D eigenvalue weighted by Crippen LogP contribution is 2.17. The summed E-state index contributed by atoms with van der Waals surface area (Å²) in [6, 6.07) is 11.2. The number of ether oxygens (including phenoxy) is 1. The minimum Gasteiger partial charge on any atom is -0.379 e. The zero-order chi connectivity index (χ0) is 17.4. The van der Waals surface area contributed by atoms with Gasteiger partial charge in [0.05, 0.1) is 25.3 Å². The van der Waals surface area contributed by atoms with Gasteiger partial charge in [0.1, 0.15) is 0 Å². The highest BCUT2D eigenvalue weighted by atomic mass is 32.2. The van der Waals surface area contributed by atoms with Crippen molar-refractivity contribution in [1.82, 2.24) is 13.9 Å². The highest BCUT2D eigenvalue weighted by molar-refractivity contribution is 7.87. The van der Waals surface area contributed by atoms with Crippen LogP contribution < -0.4 is 4.72 Å². The standard InChI is InChI=1S/C16H24N4O3S/c1-19(9-5-8-17)24(21,22)18-16(15-6-3-2-4-7-15)14-20-10-12-23-13-11-20/h2-4,6-7,16,18H,5,9-14H2,1H3. The van der Waals surface area contributed by atoms with Crippen molar-refractivity contribution in [3.63, 3.8) is 0 Å². The van der Waals surface area contributed by atoms with E-state index in [0.717, 1.165) is 18.7 Å². The number of nitriles is 1. The summed E-state index contributed by atoms with van der Waals surface area (Å²) in [5.74, 6) is 0. The number of hydrogen-bond acceptors (Lipinski definition) is 5. The molecule has 0 radical (unpaired) electrons. The van der Waals surface area contributed by atoms with Crippen LogP contribution in [0.15, 0.2) is 30.3 Å². The van der Waals surface area contributed by atoms with Gasteiger partial charge in [-0.3, -0.25) is 4.90 Å². The molecule has 2 rings (SSSR count). The van der Waals surface area contributed by atoms with Crippen LogP contribution in [0.5, 0.6) is 0 Å². The Morgan fingerprint density at radius 3 is 2.62 bits per heavy atom. The summed E-state index contributed by atoms with van der Waals surface area (Å²) in [5, 5.41) is 8.65. The van der Waals surface area contributed by atoms with Crippen molar-refractivity contribution in [3.05, 3.63) is 35.9 Å². The second kappa shape index (κ2) is 9.11. The molecule has 1 heterocycles. The van der Waals surface area contributed by atoms with E-state index in [-0.39, 0.29) is 19.0 Å². The lowest BCUT2D eigenvalue weighted by Crippen LogP contribution is -2.46. The van der Waals surface area contributed by atoms with Gasteiger partial charge >= 0.3 is 0 Å². The van der Waals surface area contributed by atoms with E-state index in [9.17, 15) is 8.42 Å². The zero-order valence-corrected chi connectivity index (χ0v) is 14.7. The van der Waals surface area contributed by atoms with Gasteiger partial charge in [-0.2, -0.15) is 22.7 Å². The third kappa shape index (κ3) is 5.54. The maximum absolute atomic E-state index is 12.5. The van der Waals surface area contributed by atoms with E-state index in [2.05, 4.69) is 9.62 Å². The Labute approximate surface area is 144 Å². The molecule has 0 spiro atoms. The van der Waals surface area contributed by atoms with E-state index in [1.807, 2.05) is 36.4 Å². The molecule has 0 amide bonds. The predicted octanol–water partition coefficient (Wildman–Crippen LogP) is 0.740. The van der Waals surface area contributed by atoms with E-state index >= 15 is 0 Å². The molecule has 1 unspecified atom stereocenters. The SMILES string of the molecule is CN(CCC#N)S(=O)(=O)NC(CN1CCOCC1)c1ccccc1. The van der Waals surface area contributed by atoms with Crippen molar-refractivity contribution >= 4 is 10.2 Å². The molecule has 1 aliphatic rings. The average Bonchev–Trinajstić information content (AvgIpc) is 2.60. The van der Waals surface area contributed by atoms with E-state index in [0.29, 0.717) is 19.8 Å². The van der Waals surface area contributed by atoms with Crippen LogP contribution in [0, 0.1) is 11.3 Å². The van der Waals surface area contributed by atoms with Crippen molar-refractivity contribution in [2.45, 2.75) is 12.5 Å². The van der Waals surface area contributed by atoms with E-state index in [1.165, 1.54) is 11.4 Å². The molecule has 132 valence electrons. The van der Waals surface area contributed by atoms with Gasteiger partial charge in [-0.05, 0) is 5.56 Å². The maximum atomic E-state index is 12.5. The summed E-state index contributed by atoms with van der Waals surface area (Å²) in [6.45, 7) is 3.65. The molecule has 0 aromatic heterocycles. The number of hydrogen-bond donors (Lipinski definition) is 1. The number of benzene rings is 1. The highest BCUT2D eigenvalue weighted by Gasteiger charge is 2.25. The molecule has 1 atom stereocenters. The third-order valence-corrected chi connectivity index (χ3v) is 5.57. The van der Waals surface area contributed by atoms with Crippen LogP contribution in [-0.4, -0.2) is 64.1 Å². The zero-order valence-electron chi connectivity index (χ0n) is 13.9. The van der Waals surface area contributed by atoms with E-state index in [1.54, 1.807) is 0 Å². The Morgan fingerprint density at radius 2 is 2.00 bits per heavy atom. The van der Waals surface area contributed by atoms with Gasteiger partial charge < -0.3 is 4.74 Å². The molecule has 0 bridgehead atoms. The van der Waals surface area contributed by atoms with E-state index in [4.69, 9.17) is 10.00 Å². The monoisotopic (exact) mass is 352 g/mol. The quantitative estimate of drug-likeness (QED) is 0.746. The van der Waals surface area contributed by atoms with Crippen LogP contribution >= 0.6 is 0 Å². The maximum Gasteiger partial charge on any atom is 0.279 e. The van der Waals surface area contributed by atoms with Gasteiger partial charge in [-0.15, -0.1) is 0 Å². The average molecular weight is 352 g/mol. The van der Waals surface area contributed by atoms with Crippen molar-refractivity contribution in [3.8, 4) is 6.07 Å². The fourth-order valence-electron chi connectivity index (χ4n) is 2.54. The molecule has 1 aromatic rings. The molecule has 24 heavy (non-hydrogen) atoms. The number of nitrogens with one attached hydrogen (secondary N) is 1. The fourth-order valence-corrected chi connectivity index (χ4v) is 3.62. The molecule has 1 saturated heterocycles. The van der Waals surface area contributed by atoms with Crippen LogP contribution in [0.2, 0.25) is 0 Å². The van der Waals surface area contributed by atoms with Crippen molar-refractivity contribution < 1.29 is 13.2 Å². The second-order valence-corrected chi connectivity index (χ2v) is 7.54. The van der Waals surface area contributed by atoms with Gasteiger partial charge in [-0.1, -0.05) is 30.3 Å².